The van der Waals surface area contributed by atoms with E-state index in [2.05, 4.69) is 26.8 Å². The third kappa shape index (κ3) is 3.38. The summed E-state index contributed by atoms with van der Waals surface area (Å²) >= 11 is 10.2. The lowest BCUT2D eigenvalue weighted by Gasteiger charge is -2.16. The summed E-state index contributed by atoms with van der Waals surface area (Å²) in [7, 11) is 0. The highest BCUT2D eigenvalue weighted by molar-refractivity contribution is 8.06. The Morgan fingerprint density at radius 3 is 3.00 bits per heavy atom. The summed E-state index contributed by atoms with van der Waals surface area (Å²) in [6.45, 7) is -3.65. The second-order valence-corrected chi connectivity index (χ2v) is 7.78. The molecule has 3 rings (SSSR count). The molecule has 0 amide bonds. The summed E-state index contributed by atoms with van der Waals surface area (Å²) in [6.07, 6.45) is 2.30. The first-order valence-electron chi connectivity index (χ1n) is 6.34. The topological polar surface area (TPSA) is 129 Å². The van der Waals surface area contributed by atoms with Crippen molar-refractivity contribution < 1.29 is 19.0 Å². The fourth-order valence-electron chi connectivity index (χ4n) is 2.32. The molecule has 12 heteroatoms. The van der Waals surface area contributed by atoms with E-state index >= 15 is 0 Å². The van der Waals surface area contributed by atoms with Gasteiger partial charge in [-0.25, -0.2) is 4.98 Å². The zero-order valence-corrected chi connectivity index (χ0v) is 13.6. The molecule has 0 radical (unpaired) electrons. The molecule has 0 aliphatic carbocycles. The Morgan fingerprint density at radius 1 is 1.50 bits per heavy atom. The summed E-state index contributed by atoms with van der Waals surface area (Å²) in [6, 6.07) is 0. The molecule has 2 aromatic rings. The van der Waals surface area contributed by atoms with Gasteiger partial charge in [-0.2, -0.15) is 9.97 Å². The van der Waals surface area contributed by atoms with Crippen molar-refractivity contribution in [1.29, 1.82) is 0 Å². The Hall–Kier alpha value is -0.870. The predicted molar refractivity (Wildman–Crippen MR) is 82.6 cm³/mol. The van der Waals surface area contributed by atoms with E-state index in [0.717, 1.165) is 0 Å². The van der Waals surface area contributed by atoms with Crippen LogP contribution in [-0.4, -0.2) is 42.0 Å². The van der Waals surface area contributed by atoms with Gasteiger partial charge in [0, 0.05) is 0 Å². The van der Waals surface area contributed by atoms with Crippen LogP contribution in [0.5, 0.6) is 0 Å². The zero-order chi connectivity index (χ0) is 15.9. The van der Waals surface area contributed by atoms with E-state index in [4.69, 9.17) is 36.4 Å². The van der Waals surface area contributed by atoms with E-state index < -0.39 is 6.72 Å². The molecule has 0 bridgehead atoms. The molecular formula is C10H13ClN5O4PS. The van der Waals surface area contributed by atoms with E-state index in [1.807, 2.05) is 0 Å². The number of anilines is 1. The highest BCUT2D eigenvalue weighted by Gasteiger charge is 2.29. The fourth-order valence-corrected chi connectivity index (χ4v) is 3.03. The number of nitrogens with two attached hydrogens (primary N) is 1. The summed E-state index contributed by atoms with van der Waals surface area (Å²) in [4.78, 5) is 30.3. The predicted octanol–water partition coefficient (Wildman–Crippen LogP) is 0.965. The Morgan fingerprint density at radius 2 is 2.27 bits per heavy atom. The van der Waals surface area contributed by atoms with Crippen molar-refractivity contribution in [2.45, 2.75) is 25.2 Å². The summed E-state index contributed by atoms with van der Waals surface area (Å²) < 4.78 is 12.3. The van der Waals surface area contributed by atoms with Crippen molar-refractivity contribution in [1.82, 2.24) is 19.5 Å². The molecule has 0 aromatic carbocycles. The van der Waals surface area contributed by atoms with Crippen LogP contribution in [0.2, 0.25) is 5.28 Å². The Labute approximate surface area is 135 Å². The van der Waals surface area contributed by atoms with E-state index in [1.54, 1.807) is 10.9 Å². The molecule has 4 N–H and O–H groups in total. The van der Waals surface area contributed by atoms with E-state index in [-0.39, 0.29) is 30.0 Å². The van der Waals surface area contributed by atoms with E-state index in [1.165, 1.54) is 0 Å². The number of nitrogen functional groups attached to an aromatic ring is 1. The third-order valence-corrected chi connectivity index (χ3v) is 4.22. The van der Waals surface area contributed by atoms with Gasteiger partial charge in [0.05, 0.1) is 19.0 Å². The maximum atomic E-state index is 9.07. The van der Waals surface area contributed by atoms with Crippen LogP contribution in [0.25, 0.3) is 11.2 Å². The molecule has 2 aromatic heterocycles. The lowest BCUT2D eigenvalue weighted by Crippen LogP contribution is -2.16. The fraction of sp³-hybridized carbons (Fsp3) is 0.500. The maximum Gasteiger partial charge on any atom is 0.321 e. The van der Waals surface area contributed by atoms with Gasteiger partial charge in [-0.3, -0.25) is 4.57 Å². The molecule has 0 unspecified atom stereocenters. The maximum absolute atomic E-state index is 9.07. The lowest BCUT2D eigenvalue weighted by atomic mass is 10.2. The van der Waals surface area contributed by atoms with E-state index in [9.17, 15) is 0 Å². The van der Waals surface area contributed by atoms with Crippen LogP contribution < -0.4 is 5.73 Å². The van der Waals surface area contributed by atoms with Crippen molar-refractivity contribution in [2.75, 3.05) is 12.3 Å². The molecule has 1 saturated heterocycles. The van der Waals surface area contributed by atoms with Crippen molar-refractivity contribution >= 4 is 47.1 Å². The average molecular weight is 366 g/mol. The number of nitrogens with zero attached hydrogens (tertiary/aromatic N) is 4. The molecule has 120 valence electrons. The lowest BCUT2D eigenvalue weighted by molar-refractivity contribution is -0.0178. The molecule has 0 spiro atoms. The third-order valence-electron chi connectivity index (χ3n) is 3.25. The Kier molecular flexibility index (Phi) is 4.34. The van der Waals surface area contributed by atoms with Crippen molar-refractivity contribution in [3.05, 3.63) is 11.6 Å². The summed E-state index contributed by atoms with van der Waals surface area (Å²) in [5.74, 6) is 0.202. The van der Waals surface area contributed by atoms with Gasteiger partial charge in [0.15, 0.2) is 11.5 Å². The van der Waals surface area contributed by atoms with Gasteiger partial charge in [-0.05, 0) is 36.2 Å². The monoisotopic (exact) mass is 365 g/mol. The van der Waals surface area contributed by atoms with Gasteiger partial charge in [-0.15, -0.1) is 0 Å². The van der Waals surface area contributed by atoms with Crippen LogP contribution in [0, 0.1) is 0 Å². The highest BCUT2D eigenvalue weighted by atomic mass is 35.5. The summed E-state index contributed by atoms with van der Waals surface area (Å²) in [5.41, 5.74) is 6.69. The highest BCUT2D eigenvalue weighted by Crippen LogP contribution is 2.39. The minimum absolute atomic E-state index is 0.0191. The quantitative estimate of drug-likeness (QED) is 0.536. The Balaban J connectivity index is 1.77. The van der Waals surface area contributed by atoms with Crippen molar-refractivity contribution in [2.24, 2.45) is 0 Å². The largest absolute Gasteiger partial charge is 0.382 e. The van der Waals surface area contributed by atoms with Crippen LogP contribution in [0.15, 0.2) is 6.33 Å². The van der Waals surface area contributed by atoms with E-state index in [0.29, 0.717) is 24.0 Å². The van der Waals surface area contributed by atoms with Crippen LogP contribution >= 0.6 is 18.3 Å². The van der Waals surface area contributed by atoms with Gasteiger partial charge in [0.1, 0.15) is 11.7 Å². The molecule has 1 fully saturated rings. The minimum atomic E-state index is -3.67. The second kappa shape index (κ2) is 5.97. The van der Waals surface area contributed by atoms with Gasteiger partial charge < -0.3 is 24.8 Å². The number of ether oxygens (including phenoxy) is 1. The van der Waals surface area contributed by atoms with Crippen LogP contribution in [0.3, 0.4) is 0 Å². The number of fused-ring (bicyclic) bond motifs is 1. The first-order chi connectivity index (χ1) is 10.3. The van der Waals surface area contributed by atoms with Gasteiger partial charge in [-0.1, -0.05) is 0 Å². The first-order valence-corrected chi connectivity index (χ1v) is 9.35. The molecule has 0 saturated carbocycles. The Bertz CT molecular complexity index is 752. The minimum Gasteiger partial charge on any atom is -0.382 e. The standard InChI is InChI=1S/C10H13ClN5O4PS/c11-10-14-8(12)7-9(15-10)16(4-13-7)6-2-1-5(20-6)3-19-21(17,18)22/h4-6H,1-3H2,(H2,12,14,15)(H2,17,18,22)/t5-,6+/m0/s1. The van der Waals surface area contributed by atoms with Crippen molar-refractivity contribution in [3.8, 4) is 0 Å². The van der Waals surface area contributed by atoms with Gasteiger partial charge >= 0.3 is 6.72 Å². The molecular weight excluding hydrogens is 353 g/mol. The number of hydrogen-bond donors (Lipinski definition) is 3. The zero-order valence-electron chi connectivity index (χ0n) is 11.2. The molecule has 3 heterocycles. The SMILES string of the molecule is Nc1nc(Cl)nc2c1ncn2[C@H]1CC[C@@H](COP(O)(O)=S)O1. The van der Waals surface area contributed by atoms with Gasteiger partial charge in [0.2, 0.25) is 5.28 Å². The summed E-state index contributed by atoms with van der Waals surface area (Å²) in [5, 5.41) is 0.0332. The number of imidazole rings is 1. The second-order valence-electron chi connectivity index (χ2n) is 4.78. The molecule has 2 atom stereocenters. The van der Waals surface area contributed by atoms with Crippen LogP contribution in [0.4, 0.5) is 5.82 Å². The molecule has 9 nitrogen and oxygen atoms in total. The van der Waals surface area contributed by atoms with Crippen LogP contribution in [0.1, 0.15) is 19.1 Å². The van der Waals surface area contributed by atoms with Crippen LogP contribution in [-0.2, 0) is 21.1 Å². The smallest absolute Gasteiger partial charge is 0.321 e. The number of halogens is 1. The number of hydrogen-bond acceptors (Lipinski definition) is 7. The molecule has 22 heavy (non-hydrogen) atoms. The number of rotatable bonds is 4. The number of aromatic nitrogens is 4. The average Bonchev–Trinajstić information content (AvgIpc) is 3.01. The normalized spacial score (nSPS) is 22.5. The molecule has 1 aliphatic heterocycles. The molecule has 1 aliphatic rings. The first kappa shape index (κ1) is 16.0. The van der Waals surface area contributed by atoms with Crippen molar-refractivity contribution in [3.63, 3.8) is 0 Å². The van der Waals surface area contributed by atoms with Gasteiger partial charge in [0.25, 0.3) is 0 Å².